The Balaban J connectivity index is 3.71. The zero-order valence-electron chi connectivity index (χ0n) is 6.38. The molecule has 0 spiro atoms. The quantitative estimate of drug-likeness (QED) is 0.566. The van der Waals surface area contributed by atoms with Gasteiger partial charge in [0, 0.05) is 14.1 Å². The van der Waals surface area contributed by atoms with E-state index in [1.165, 1.54) is 4.90 Å². The van der Waals surface area contributed by atoms with Crippen molar-refractivity contribution in [2.24, 2.45) is 0 Å². The summed E-state index contributed by atoms with van der Waals surface area (Å²) < 4.78 is 0. The second kappa shape index (κ2) is 3.72. The maximum atomic E-state index is 10.8. The maximum absolute atomic E-state index is 10.8. The van der Waals surface area contributed by atoms with E-state index in [2.05, 4.69) is 5.32 Å². The van der Waals surface area contributed by atoms with Gasteiger partial charge < -0.3 is 10.2 Å². The highest BCUT2D eigenvalue weighted by Gasteiger charge is 2.05. The summed E-state index contributed by atoms with van der Waals surface area (Å²) in [6.45, 7) is 1.63. The third-order valence-electron chi connectivity index (χ3n) is 0.940. The Hall–Kier alpha value is -1.24. The minimum Gasteiger partial charge on any atom is -0.331 e. The molecule has 56 valence electrons. The van der Waals surface area contributed by atoms with Crippen molar-refractivity contribution in [3.63, 3.8) is 0 Å². The Morgan fingerprint density at radius 1 is 1.70 bits per heavy atom. The first kappa shape index (κ1) is 8.76. The topological polar surface area (TPSA) is 56.1 Å². The fourth-order valence-corrected chi connectivity index (χ4v) is 0.347. The van der Waals surface area contributed by atoms with Gasteiger partial charge in [0.05, 0.1) is 6.07 Å². The highest BCUT2D eigenvalue weighted by molar-refractivity contribution is 5.74. The van der Waals surface area contributed by atoms with E-state index in [1.807, 2.05) is 6.07 Å². The molecule has 1 N–H and O–H groups in total. The Labute approximate surface area is 60.4 Å². The Morgan fingerprint density at radius 3 is 2.50 bits per heavy atom. The van der Waals surface area contributed by atoms with Gasteiger partial charge in [-0.05, 0) is 6.92 Å². The van der Waals surface area contributed by atoms with E-state index in [1.54, 1.807) is 21.0 Å². The molecule has 4 nitrogen and oxygen atoms in total. The number of nitrogens with zero attached hydrogens (tertiary/aromatic N) is 2. The maximum Gasteiger partial charge on any atom is 0.317 e. The van der Waals surface area contributed by atoms with Gasteiger partial charge in [-0.25, -0.2) is 4.79 Å². The molecule has 0 aliphatic heterocycles. The van der Waals surface area contributed by atoms with E-state index in [-0.39, 0.29) is 6.03 Å². The highest BCUT2D eigenvalue weighted by atomic mass is 16.2. The fourth-order valence-electron chi connectivity index (χ4n) is 0.347. The molecule has 1 unspecified atom stereocenters. The van der Waals surface area contributed by atoms with Crippen LogP contribution in [0.2, 0.25) is 0 Å². The van der Waals surface area contributed by atoms with Crippen molar-refractivity contribution in [2.45, 2.75) is 13.0 Å². The lowest BCUT2D eigenvalue weighted by atomic mass is 10.4. The molecule has 2 amide bonds. The lowest BCUT2D eigenvalue weighted by molar-refractivity contribution is 0.216. The zero-order chi connectivity index (χ0) is 8.15. The summed E-state index contributed by atoms with van der Waals surface area (Å²) in [5.41, 5.74) is 0. The first-order valence-corrected chi connectivity index (χ1v) is 2.95. The van der Waals surface area contributed by atoms with Crippen molar-refractivity contribution in [3.8, 4) is 6.07 Å². The van der Waals surface area contributed by atoms with Crippen LogP contribution >= 0.6 is 0 Å². The van der Waals surface area contributed by atoms with Crippen molar-refractivity contribution in [2.75, 3.05) is 14.1 Å². The van der Waals surface area contributed by atoms with Gasteiger partial charge >= 0.3 is 6.03 Å². The fraction of sp³-hybridized carbons (Fsp3) is 0.667. The van der Waals surface area contributed by atoms with Crippen LogP contribution in [0.1, 0.15) is 6.92 Å². The van der Waals surface area contributed by atoms with Crippen LogP contribution in [0.3, 0.4) is 0 Å². The largest absolute Gasteiger partial charge is 0.331 e. The normalized spacial score (nSPS) is 11.4. The number of hydrogen-bond acceptors (Lipinski definition) is 2. The third-order valence-corrected chi connectivity index (χ3v) is 0.940. The molecule has 0 aromatic rings. The predicted octanol–water partition coefficient (Wildman–Crippen LogP) is 0.170. The SMILES string of the molecule is CC(C#N)NC(=O)N(C)C. The molecule has 10 heavy (non-hydrogen) atoms. The van der Waals surface area contributed by atoms with E-state index in [0.717, 1.165) is 0 Å². The third kappa shape index (κ3) is 2.92. The van der Waals surface area contributed by atoms with Crippen LogP contribution in [0.15, 0.2) is 0 Å². The predicted molar refractivity (Wildman–Crippen MR) is 37.3 cm³/mol. The number of hydrogen-bond donors (Lipinski definition) is 1. The smallest absolute Gasteiger partial charge is 0.317 e. The molecule has 0 saturated carbocycles. The molecular formula is C6H11N3O. The highest BCUT2D eigenvalue weighted by Crippen LogP contribution is 1.81. The summed E-state index contributed by atoms with van der Waals surface area (Å²) in [5.74, 6) is 0. The van der Waals surface area contributed by atoms with Gasteiger partial charge in [-0.2, -0.15) is 5.26 Å². The number of urea groups is 1. The van der Waals surface area contributed by atoms with E-state index in [0.29, 0.717) is 0 Å². The average Bonchev–Trinajstić information content (AvgIpc) is 1.87. The minimum absolute atomic E-state index is 0.242. The van der Waals surface area contributed by atoms with Gasteiger partial charge in [0.1, 0.15) is 6.04 Å². The van der Waals surface area contributed by atoms with Gasteiger partial charge in [0.25, 0.3) is 0 Å². The van der Waals surface area contributed by atoms with Crippen molar-refractivity contribution in [1.29, 1.82) is 5.26 Å². The Kier molecular flexibility index (Phi) is 3.26. The monoisotopic (exact) mass is 141 g/mol. The van der Waals surface area contributed by atoms with Gasteiger partial charge in [0.2, 0.25) is 0 Å². The van der Waals surface area contributed by atoms with Crippen LogP contribution in [0.5, 0.6) is 0 Å². The summed E-state index contributed by atoms with van der Waals surface area (Å²) in [5, 5.41) is 10.7. The number of nitriles is 1. The second-order valence-corrected chi connectivity index (χ2v) is 2.19. The molecule has 0 aromatic heterocycles. The number of carbonyl (C=O) groups is 1. The van der Waals surface area contributed by atoms with Crippen LogP contribution in [0.4, 0.5) is 4.79 Å². The van der Waals surface area contributed by atoms with Crippen molar-refractivity contribution >= 4 is 6.03 Å². The van der Waals surface area contributed by atoms with E-state index in [9.17, 15) is 4.79 Å². The first-order chi connectivity index (χ1) is 4.57. The van der Waals surface area contributed by atoms with Crippen molar-refractivity contribution in [1.82, 2.24) is 10.2 Å². The molecule has 0 aromatic carbocycles. The van der Waals surface area contributed by atoms with Crippen LogP contribution in [-0.4, -0.2) is 31.1 Å². The second-order valence-electron chi connectivity index (χ2n) is 2.19. The molecule has 0 aliphatic rings. The van der Waals surface area contributed by atoms with E-state index < -0.39 is 6.04 Å². The molecule has 1 atom stereocenters. The van der Waals surface area contributed by atoms with Crippen LogP contribution in [0, 0.1) is 11.3 Å². The molecule has 0 radical (unpaired) electrons. The number of carbonyl (C=O) groups excluding carboxylic acids is 1. The van der Waals surface area contributed by atoms with Gasteiger partial charge in [0.15, 0.2) is 0 Å². The molecule has 0 bridgehead atoms. The molecule has 4 heteroatoms. The summed E-state index contributed by atoms with van der Waals surface area (Å²) in [7, 11) is 3.25. The summed E-state index contributed by atoms with van der Waals surface area (Å²) in [6.07, 6.45) is 0. The first-order valence-electron chi connectivity index (χ1n) is 2.95. The summed E-state index contributed by atoms with van der Waals surface area (Å²) in [6, 6.07) is 1.23. The number of amides is 2. The van der Waals surface area contributed by atoms with Crippen molar-refractivity contribution in [3.05, 3.63) is 0 Å². The minimum atomic E-state index is -0.421. The zero-order valence-corrected chi connectivity index (χ0v) is 6.38. The molecule has 0 fully saturated rings. The van der Waals surface area contributed by atoms with Crippen LogP contribution < -0.4 is 5.32 Å². The van der Waals surface area contributed by atoms with Crippen molar-refractivity contribution < 1.29 is 4.79 Å². The Morgan fingerprint density at radius 2 is 2.20 bits per heavy atom. The lowest BCUT2D eigenvalue weighted by Gasteiger charge is -2.12. The molecule has 0 aliphatic carbocycles. The van der Waals surface area contributed by atoms with Gasteiger partial charge in [-0.3, -0.25) is 0 Å². The molecule has 0 saturated heterocycles. The number of rotatable bonds is 1. The standard InChI is InChI=1S/C6H11N3O/c1-5(4-7)8-6(10)9(2)3/h5H,1-3H3,(H,8,10). The van der Waals surface area contributed by atoms with Crippen LogP contribution in [-0.2, 0) is 0 Å². The van der Waals surface area contributed by atoms with Crippen LogP contribution in [0.25, 0.3) is 0 Å². The van der Waals surface area contributed by atoms with E-state index in [4.69, 9.17) is 5.26 Å². The molecular weight excluding hydrogens is 130 g/mol. The van der Waals surface area contributed by atoms with Gasteiger partial charge in [-0.15, -0.1) is 0 Å². The average molecular weight is 141 g/mol. The Bertz CT molecular complexity index is 159. The summed E-state index contributed by atoms with van der Waals surface area (Å²) >= 11 is 0. The van der Waals surface area contributed by atoms with Gasteiger partial charge in [-0.1, -0.05) is 0 Å². The lowest BCUT2D eigenvalue weighted by Crippen LogP contribution is -2.39. The van der Waals surface area contributed by atoms with E-state index >= 15 is 0 Å². The molecule has 0 rings (SSSR count). The summed E-state index contributed by atoms with van der Waals surface area (Å²) in [4.78, 5) is 12.2. The number of nitrogens with one attached hydrogen (secondary N) is 1. The molecule has 0 heterocycles.